The van der Waals surface area contributed by atoms with Crippen LogP contribution >= 0.6 is 0 Å². The molecule has 4 heteroatoms. The molecule has 0 fully saturated rings. The van der Waals surface area contributed by atoms with E-state index in [2.05, 4.69) is 5.16 Å². The summed E-state index contributed by atoms with van der Waals surface area (Å²) in [6, 6.07) is 6.69. The lowest BCUT2D eigenvalue weighted by Crippen LogP contribution is -2.21. The van der Waals surface area contributed by atoms with Crippen LogP contribution in [0.3, 0.4) is 0 Å². The number of aldehydes is 1. The SMILES string of the molecule is CC1=NOC(C(=O)c2ccccc2C=O)C1. The highest BCUT2D eigenvalue weighted by atomic mass is 16.6. The van der Waals surface area contributed by atoms with Crippen LogP contribution in [0, 0.1) is 0 Å². The zero-order valence-electron chi connectivity index (χ0n) is 8.84. The molecule has 0 saturated heterocycles. The Morgan fingerprint density at radius 2 is 2.25 bits per heavy atom. The number of benzene rings is 1. The Bertz CT molecular complexity index is 465. The van der Waals surface area contributed by atoms with Gasteiger partial charge in [-0.25, -0.2) is 0 Å². The van der Waals surface area contributed by atoms with Crippen molar-refractivity contribution in [1.82, 2.24) is 0 Å². The Morgan fingerprint density at radius 3 is 2.88 bits per heavy atom. The van der Waals surface area contributed by atoms with Crippen molar-refractivity contribution in [2.24, 2.45) is 5.16 Å². The normalized spacial score (nSPS) is 18.8. The van der Waals surface area contributed by atoms with Gasteiger partial charge in [0, 0.05) is 17.5 Å². The first kappa shape index (κ1) is 10.5. The molecule has 1 aromatic carbocycles. The first-order chi connectivity index (χ1) is 7.72. The lowest BCUT2D eigenvalue weighted by molar-refractivity contribution is 0.0555. The topological polar surface area (TPSA) is 55.7 Å². The van der Waals surface area contributed by atoms with E-state index in [1.807, 2.05) is 0 Å². The van der Waals surface area contributed by atoms with Crippen molar-refractivity contribution in [1.29, 1.82) is 0 Å². The summed E-state index contributed by atoms with van der Waals surface area (Å²) in [5.41, 5.74) is 1.58. The summed E-state index contributed by atoms with van der Waals surface area (Å²) < 4.78 is 0. The van der Waals surface area contributed by atoms with Crippen molar-refractivity contribution in [3.8, 4) is 0 Å². The zero-order valence-corrected chi connectivity index (χ0v) is 8.84. The number of carbonyl (C=O) groups is 2. The highest BCUT2D eigenvalue weighted by molar-refractivity contribution is 6.07. The van der Waals surface area contributed by atoms with Crippen molar-refractivity contribution in [3.63, 3.8) is 0 Å². The van der Waals surface area contributed by atoms with Crippen LogP contribution in [-0.4, -0.2) is 23.9 Å². The molecule has 2 rings (SSSR count). The maximum atomic E-state index is 12.0. The summed E-state index contributed by atoms with van der Waals surface area (Å²) in [6.45, 7) is 1.80. The molecule has 0 aliphatic carbocycles. The largest absolute Gasteiger partial charge is 0.384 e. The first-order valence-corrected chi connectivity index (χ1v) is 5.00. The van der Waals surface area contributed by atoms with Crippen LogP contribution in [0.5, 0.6) is 0 Å². The van der Waals surface area contributed by atoms with Crippen LogP contribution < -0.4 is 0 Å². The number of oxime groups is 1. The Labute approximate surface area is 92.9 Å². The van der Waals surface area contributed by atoms with Crippen molar-refractivity contribution < 1.29 is 14.4 Å². The molecule has 1 aliphatic heterocycles. The number of hydrogen-bond donors (Lipinski definition) is 0. The van der Waals surface area contributed by atoms with Gasteiger partial charge < -0.3 is 4.84 Å². The van der Waals surface area contributed by atoms with Gasteiger partial charge in [0.1, 0.15) is 0 Å². The number of nitrogens with zero attached hydrogens (tertiary/aromatic N) is 1. The Hall–Kier alpha value is -1.97. The van der Waals surface area contributed by atoms with Gasteiger partial charge in [0.2, 0.25) is 5.78 Å². The number of rotatable bonds is 3. The second kappa shape index (κ2) is 4.26. The van der Waals surface area contributed by atoms with Crippen molar-refractivity contribution >= 4 is 17.8 Å². The molecule has 0 N–H and O–H groups in total. The van der Waals surface area contributed by atoms with Gasteiger partial charge in [-0.1, -0.05) is 29.4 Å². The van der Waals surface area contributed by atoms with E-state index in [1.54, 1.807) is 31.2 Å². The fraction of sp³-hybridized carbons (Fsp3) is 0.250. The third-order valence-electron chi connectivity index (χ3n) is 2.46. The van der Waals surface area contributed by atoms with Crippen molar-refractivity contribution in [2.75, 3.05) is 0 Å². The van der Waals surface area contributed by atoms with Crippen LogP contribution in [0.25, 0.3) is 0 Å². The highest BCUT2D eigenvalue weighted by Gasteiger charge is 2.28. The van der Waals surface area contributed by atoms with Crippen molar-refractivity contribution in [3.05, 3.63) is 35.4 Å². The van der Waals surface area contributed by atoms with Crippen LogP contribution in [0.2, 0.25) is 0 Å². The fourth-order valence-electron chi connectivity index (χ4n) is 1.63. The van der Waals surface area contributed by atoms with Crippen LogP contribution in [0.15, 0.2) is 29.4 Å². The van der Waals surface area contributed by atoms with Crippen LogP contribution in [-0.2, 0) is 4.84 Å². The molecule has 82 valence electrons. The third kappa shape index (κ3) is 1.86. The Kier molecular flexibility index (Phi) is 2.81. The molecular formula is C12H11NO3. The van der Waals surface area contributed by atoms with Gasteiger partial charge in [-0.3, -0.25) is 9.59 Å². The molecule has 0 saturated carbocycles. The number of carbonyl (C=O) groups excluding carboxylic acids is 2. The van der Waals surface area contributed by atoms with Crippen LogP contribution in [0.1, 0.15) is 34.1 Å². The molecule has 1 aromatic rings. The van der Waals surface area contributed by atoms with Gasteiger partial charge >= 0.3 is 0 Å². The summed E-state index contributed by atoms with van der Waals surface area (Å²) in [7, 11) is 0. The lowest BCUT2D eigenvalue weighted by atomic mass is 9.99. The first-order valence-electron chi connectivity index (χ1n) is 5.00. The molecule has 0 spiro atoms. The summed E-state index contributed by atoms with van der Waals surface area (Å²) in [4.78, 5) is 27.8. The second-order valence-corrected chi connectivity index (χ2v) is 3.69. The summed E-state index contributed by atoms with van der Waals surface area (Å²) in [5.74, 6) is -0.191. The number of hydrogen-bond acceptors (Lipinski definition) is 4. The average Bonchev–Trinajstić information content (AvgIpc) is 2.75. The second-order valence-electron chi connectivity index (χ2n) is 3.69. The molecule has 0 aromatic heterocycles. The molecule has 4 nitrogen and oxygen atoms in total. The zero-order chi connectivity index (χ0) is 11.5. The van der Waals surface area contributed by atoms with Gasteiger partial charge in [0.05, 0.1) is 5.71 Å². The molecule has 0 amide bonds. The molecule has 1 atom stereocenters. The third-order valence-corrected chi connectivity index (χ3v) is 2.46. The quantitative estimate of drug-likeness (QED) is 0.573. The molecule has 1 aliphatic rings. The lowest BCUT2D eigenvalue weighted by Gasteiger charge is -2.08. The molecule has 1 heterocycles. The van der Waals surface area contributed by atoms with E-state index in [-0.39, 0.29) is 5.78 Å². The molecule has 1 unspecified atom stereocenters. The number of ketones is 1. The van der Waals surface area contributed by atoms with Gasteiger partial charge in [-0.2, -0.15) is 0 Å². The monoisotopic (exact) mass is 217 g/mol. The molecular weight excluding hydrogens is 206 g/mol. The minimum Gasteiger partial charge on any atom is -0.384 e. The molecule has 16 heavy (non-hydrogen) atoms. The predicted octanol–water partition coefficient (Wildman–Crippen LogP) is 1.85. The highest BCUT2D eigenvalue weighted by Crippen LogP contribution is 2.17. The van der Waals surface area contributed by atoms with Gasteiger partial charge in [-0.15, -0.1) is 0 Å². The van der Waals surface area contributed by atoms with E-state index in [0.29, 0.717) is 23.8 Å². The predicted molar refractivity (Wildman–Crippen MR) is 58.8 cm³/mol. The van der Waals surface area contributed by atoms with E-state index in [0.717, 1.165) is 5.71 Å². The van der Waals surface area contributed by atoms with Gasteiger partial charge in [0.25, 0.3) is 0 Å². The van der Waals surface area contributed by atoms with E-state index < -0.39 is 6.10 Å². The Balaban J connectivity index is 2.24. The van der Waals surface area contributed by atoms with E-state index in [4.69, 9.17) is 4.84 Å². The van der Waals surface area contributed by atoms with Crippen molar-refractivity contribution in [2.45, 2.75) is 19.4 Å². The van der Waals surface area contributed by atoms with Gasteiger partial charge in [-0.05, 0) is 6.92 Å². The van der Waals surface area contributed by atoms with E-state index in [1.165, 1.54) is 0 Å². The number of Topliss-reactive ketones (excluding diaryl/α,β-unsaturated/α-hetero) is 1. The summed E-state index contributed by atoms with van der Waals surface area (Å²) in [6.07, 6.45) is 0.586. The van der Waals surface area contributed by atoms with Gasteiger partial charge in [0.15, 0.2) is 12.4 Å². The minimum atomic E-state index is -0.582. The standard InChI is InChI=1S/C12H11NO3/c1-8-6-11(16-13-8)12(15)10-5-3-2-4-9(10)7-14/h2-5,7,11H,6H2,1H3. The van der Waals surface area contributed by atoms with E-state index in [9.17, 15) is 9.59 Å². The molecule has 0 bridgehead atoms. The average molecular weight is 217 g/mol. The van der Waals surface area contributed by atoms with Crippen LogP contribution in [0.4, 0.5) is 0 Å². The maximum absolute atomic E-state index is 12.0. The smallest absolute Gasteiger partial charge is 0.207 e. The maximum Gasteiger partial charge on any atom is 0.207 e. The Morgan fingerprint density at radius 1 is 1.50 bits per heavy atom. The van der Waals surface area contributed by atoms with E-state index >= 15 is 0 Å². The summed E-state index contributed by atoms with van der Waals surface area (Å²) in [5, 5.41) is 3.73. The fourth-order valence-corrected chi connectivity index (χ4v) is 1.63. The summed E-state index contributed by atoms with van der Waals surface area (Å²) >= 11 is 0. The minimum absolute atomic E-state index is 0.191. The molecule has 0 radical (unpaired) electrons.